The Bertz CT molecular complexity index is 535. The molecule has 0 unspecified atom stereocenters. The Morgan fingerprint density at radius 2 is 1.59 bits per heavy atom. The van der Waals surface area contributed by atoms with E-state index >= 15 is 0 Å². The lowest BCUT2D eigenvalue weighted by atomic mass is 10.1. The number of halogens is 1. The summed E-state index contributed by atoms with van der Waals surface area (Å²) in [5.74, 6) is 5.77. The summed E-state index contributed by atoms with van der Waals surface area (Å²) in [6.07, 6.45) is -0.747. The van der Waals surface area contributed by atoms with Gasteiger partial charge < -0.3 is 5.11 Å². The Labute approximate surface area is 109 Å². The Morgan fingerprint density at radius 3 is 2.24 bits per heavy atom. The summed E-state index contributed by atoms with van der Waals surface area (Å²) in [5, 5.41) is 9.88. The van der Waals surface area contributed by atoms with Gasteiger partial charge in [0.1, 0.15) is 6.10 Å². The standard InChI is InChI=1S/C15H11BrO/c16-14-9-7-13(8-10-14)15(17)11-6-12-4-2-1-3-5-12/h1-5,7-10,15,17H/t15-/m0/s1. The minimum Gasteiger partial charge on any atom is -0.376 e. The topological polar surface area (TPSA) is 20.2 Å². The average Bonchev–Trinajstić information content (AvgIpc) is 2.38. The third-order valence-electron chi connectivity index (χ3n) is 2.31. The van der Waals surface area contributed by atoms with Crippen molar-refractivity contribution in [1.82, 2.24) is 0 Å². The maximum Gasteiger partial charge on any atom is 0.140 e. The van der Waals surface area contributed by atoms with Crippen LogP contribution in [-0.2, 0) is 0 Å². The maximum atomic E-state index is 9.88. The van der Waals surface area contributed by atoms with Crippen molar-refractivity contribution in [3.8, 4) is 11.8 Å². The zero-order chi connectivity index (χ0) is 12.1. The molecule has 1 N–H and O–H groups in total. The number of hydrogen-bond donors (Lipinski definition) is 1. The van der Waals surface area contributed by atoms with E-state index in [0.29, 0.717) is 0 Å². The second-order valence-electron chi connectivity index (χ2n) is 3.59. The van der Waals surface area contributed by atoms with Gasteiger partial charge in [-0.05, 0) is 29.8 Å². The van der Waals surface area contributed by atoms with Gasteiger partial charge in [-0.25, -0.2) is 0 Å². The molecule has 2 rings (SSSR count). The van der Waals surface area contributed by atoms with Crippen LogP contribution in [0.5, 0.6) is 0 Å². The largest absolute Gasteiger partial charge is 0.376 e. The monoisotopic (exact) mass is 286 g/mol. The van der Waals surface area contributed by atoms with Gasteiger partial charge in [0.05, 0.1) is 0 Å². The first-order valence-electron chi connectivity index (χ1n) is 5.26. The van der Waals surface area contributed by atoms with Crippen molar-refractivity contribution in [3.63, 3.8) is 0 Å². The molecule has 0 radical (unpaired) electrons. The van der Waals surface area contributed by atoms with Crippen LogP contribution in [0.3, 0.4) is 0 Å². The van der Waals surface area contributed by atoms with E-state index in [0.717, 1.165) is 15.6 Å². The second kappa shape index (κ2) is 5.67. The molecule has 0 saturated heterocycles. The highest BCUT2D eigenvalue weighted by Crippen LogP contribution is 2.16. The number of aliphatic hydroxyl groups is 1. The predicted octanol–water partition coefficient (Wildman–Crippen LogP) is 3.53. The number of aliphatic hydroxyl groups excluding tert-OH is 1. The molecule has 0 fully saturated rings. The molecule has 0 aliphatic rings. The van der Waals surface area contributed by atoms with Gasteiger partial charge in [-0.3, -0.25) is 0 Å². The highest BCUT2D eigenvalue weighted by Gasteiger charge is 2.02. The van der Waals surface area contributed by atoms with E-state index < -0.39 is 6.10 Å². The number of rotatable bonds is 1. The van der Waals surface area contributed by atoms with E-state index in [4.69, 9.17) is 0 Å². The molecule has 0 amide bonds. The lowest BCUT2D eigenvalue weighted by Gasteiger charge is -2.02. The van der Waals surface area contributed by atoms with E-state index in [2.05, 4.69) is 27.8 Å². The molecule has 2 heteroatoms. The normalized spacial score (nSPS) is 11.4. The molecule has 1 nitrogen and oxygen atoms in total. The highest BCUT2D eigenvalue weighted by molar-refractivity contribution is 9.10. The van der Waals surface area contributed by atoms with Crippen LogP contribution in [0.15, 0.2) is 59.1 Å². The van der Waals surface area contributed by atoms with Crippen LogP contribution in [0.2, 0.25) is 0 Å². The molecule has 0 aromatic heterocycles. The first kappa shape index (κ1) is 11.9. The van der Waals surface area contributed by atoms with E-state index in [1.807, 2.05) is 54.6 Å². The number of benzene rings is 2. The Morgan fingerprint density at radius 1 is 0.941 bits per heavy atom. The minimum atomic E-state index is -0.747. The molecule has 0 bridgehead atoms. The summed E-state index contributed by atoms with van der Waals surface area (Å²) in [4.78, 5) is 0. The van der Waals surface area contributed by atoms with Gasteiger partial charge in [0.15, 0.2) is 0 Å². The SMILES string of the molecule is O[C@@H](C#Cc1ccccc1)c1ccc(Br)cc1. The Hall–Kier alpha value is -1.56. The molecule has 0 spiro atoms. The zero-order valence-electron chi connectivity index (χ0n) is 9.10. The first-order valence-corrected chi connectivity index (χ1v) is 6.05. The van der Waals surface area contributed by atoms with Crippen LogP contribution in [0.1, 0.15) is 17.2 Å². The van der Waals surface area contributed by atoms with E-state index in [-0.39, 0.29) is 0 Å². The van der Waals surface area contributed by atoms with Crippen molar-refractivity contribution in [1.29, 1.82) is 0 Å². The summed E-state index contributed by atoms with van der Waals surface area (Å²) >= 11 is 3.35. The quantitative estimate of drug-likeness (QED) is 0.795. The van der Waals surface area contributed by atoms with Gasteiger partial charge >= 0.3 is 0 Å². The molecule has 0 saturated carbocycles. The smallest absolute Gasteiger partial charge is 0.140 e. The van der Waals surface area contributed by atoms with Gasteiger partial charge in [0.25, 0.3) is 0 Å². The minimum absolute atomic E-state index is 0.747. The van der Waals surface area contributed by atoms with Crippen LogP contribution < -0.4 is 0 Å². The summed E-state index contributed by atoms with van der Waals surface area (Å²) in [5.41, 5.74) is 1.71. The van der Waals surface area contributed by atoms with Crippen molar-refractivity contribution in [2.45, 2.75) is 6.10 Å². The molecule has 84 valence electrons. The van der Waals surface area contributed by atoms with Gasteiger partial charge in [0.2, 0.25) is 0 Å². The van der Waals surface area contributed by atoms with Crippen molar-refractivity contribution in [2.24, 2.45) is 0 Å². The zero-order valence-corrected chi connectivity index (χ0v) is 10.7. The summed E-state index contributed by atoms with van der Waals surface area (Å²) in [7, 11) is 0. The molecule has 2 aromatic rings. The van der Waals surface area contributed by atoms with Crippen LogP contribution in [-0.4, -0.2) is 5.11 Å². The molecular weight excluding hydrogens is 276 g/mol. The summed E-state index contributed by atoms with van der Waals surface area (Å²) in [6.45, 7) is 0. The fraction of sp³-hybridized carbons (Fsp3) is 0.0667. The van der Waals surface area contributed by atoms with Crippen molar-refractivity contribution >= 4 is 15.9 Å². The third kappa shape index (κ3) is 3.45. The summed E-state index contributed by atoms with van der Waals surface area (Å²) in [6, 6.07) is 17.1. The number of hydrogen-bond acceptors (Lipinski definition) is 1. The Kier molecular flexibility index (Phi) is 3.98. The van der Waals surface area contributed by atoms with Crippen LogP contribution in [0, 0.1) is 11.8 Å². The molecular formula is C15H11BrO. The fourth-order valence-corrected chi connectivity index (χ4v) is 1.67. The first-order chi connectivity index (χ1) is 8.25. The molecule has 2 aromatic carbocycles. The third-order valence-corrected chi connectivity index (χ3v) is 2.84. The highest BCUT2D eigenvalue weighted by atomic mass is 79.9. The van der Waals surface area contributed by atoms with Gasteiger partial charge in [-0.1, -0.05) is 58.1 Å². The van der Waals surface area contributed by atoms with Gasteiger partial charge in [-0.2, -0.15) is 0 Å². The lowest BCUT2D eigenvalue weighted by Crippen LogP contribution is -1.92. The second-order valence-corrected chi connectivity index (χ2v) is 4.51. The maximum absolute atomic E-state index is 9.88. The average molecular weight is 287 g/mol. The molecule has 0 aliphatic carbocycles. The van der Waals surface area contributed by atoms with Gasteiger partial charge in [0, 0.05) is 10.0 Å². The van der Waals surface area contributed by atoms with Crippen LogP contribution in [0.25, 0.3) is 0 Å². The lowest BCUT2D eigenvalue weighted by molar-refractivity contribution is 0.238. The van der Waals surface area contributed by atoms with Crippen molar-refractivity contribution in [2.75, 3.05) is 0 Å². The fourth-order valence-electron chi connectivity index (χ4n) is 1.40. The van der Waals surface area contributed by atoms with Crippen LogP contribution in [0.4, 0.5) is 0 Å². The van der Waals surface area contributed by atoms with E-state index in [1.165, 1.54) is 0 Å². The molecule has 0 aliphatic heterocycles. The van der Waals surface area contributed by atoms with Gasteiger partial charge in [-0.15, -0.1) is 0 Å². The van der Waals surface area contributed by atoms with E-state index in [1.54, 1.807) is 0 Å². The Balaban J connectivity index is 2.15. The molecule has 1 atom stereocenters. The van der Waals surface area contributed by atoms with Crippen LogP contribution >= 0.6 is 15.9 Å². The predicted molar refractivity (Wildman–Crippen MR) is 72.4 cm³/mol. The van der Waals surface area contributed by atoms with Crippen molar-refractivity contribution in [3.05, 3.63) is 70.2 Å². The summed E-state index contributed by atoms with van der Waals surface area (Å²) < 4.78 is 0.990. The molecule has 17 heavy (non-hydrogen) atoms. The molecule has 0 heterocycles. The van der Waals surface area contributed by atoms with E-state index in [9.17, 15) is 5.11 Å². The van der Waals surface area contributed by atoms with Crippen molar-refractivity contribution < 1.29 is 5.11 Å².